The lowest BCUT2D eigenvalue weighted by molar-refractivity contribution is -0.130. The number of aliphatic hydroxyl groups is 1. The summed E-state index contributed by atoms with van der Waals surface area (Å²) in [6, 6.07) is 17.5. The predicted molar refractivity (Wildman–Crippen MR) is 105 cm³/mol. The molecule has 2 aromatic rings. The van der Waals surface area contributed by atoms with Crippen LogP contribution in [0.4, 0.5) is 5.69 Å². The van der Waals surface area contributed by atoms with Crippen LogP contribution >= 0.6 is 0 Å². The summed E-state index contributed by atoms with van der Waals surface area (Å²) in [4.78, 5) is 12.4. The fourth-order valence-corrected chi connectivity index (χ4v) is 3.49. The van der Waals surface area contributed by atoms with Gasteiger partial charge in [0.2, 0.25) is 0 Å². The van der Waals surface area contributed by atoms with Crippen LogP contribution < -0.4 is 10.6 Å². The van der Waals surface area contributed by atoms with Crippen LogP contribution in [0.1, 0.15) is 36.5 Å². The molecule has 2 unspecified atom stereocenters. The van der Waals surface area contributed by atoms with Crippen molar-refractivity contribution in [3.05, 3.63) is 65.7 Å². The summed E-state index contributed by atoms with van der Waals surface area (Å²) in [5, 5.41) is 16.7. The fourth-order valence-electron chi connectivity index (χ4n) is 3.49. The molecule has 1 amide bonds. The standard InChI is InChI=1S/C22H26N2O3/c25-19(17-6-2-1-3-7-17)10-9-16-5-4-8-18(13-16)24-21(26)20-14-23-22(11-12-22)15-27-20/h1-8,13,19-20,23,25H,9-12,14-15H2,(H,24,26). The van der Waals surface area contributed by atoms with Gasteiger partial charge in [0.1, 0.15) is 6.10 Å². The van der Waals surface area contributed by atoms with Gasteiger partial charge in [0.25, 0.3) is 5.91 Å². The van der Waals surface area contributed by atoms with E-state index >= 15 is 0 Å². The maximum atomic E-state index is 12.4. The molecule has 0 bridgehead atoms. The fraction of sp³-hybridized carbons (Fsp3) is 0.409. The summed E-state index contributed by atoms with van der Waals surface area (Å²) in [6.45, 7) is 1.18. The highest BCUT2D eigenvalue weighted by Gasteiger charge is 2.46. The molecular weight excluding hydrogens is 340 g/mol. The van der Waals surface area contributed by atoms with Crippen molar-refractivity contribution in [1.29, 1.82) is 0 Å². The van der Waals surface area contributed by atoms with Crippen molar-refractivity contribution in [2.45, 2.75) is 43.4 Å². The van der Waals surface area contributed by atoms with Crippen LogP contribution in [0.3, 0.4) is 0 Å². The second-order valence-electron chi connectivity index (χ2n) is 7.62. The number of aryl methyl sites for hydroxylation is 1. The van der Waals surface area contributed by atoms with E-state index in [1.54, 1.807) is 0 Å². The molecule has 142 valence electrons. The van der Waals surface area contributed by atoms with E-state index in [-0.39, 0.29) is 11.4 Å². The summed E-state index contributed by atoms with van der Waals surface area (Å²) in [5.41, 5.74) is 2.93. The Hall–Kier alpha value is -2.21. The molecule has 2 atom stereocenters. The zero-order valence-corrected chi connectivity index (χ0v) is 15.4. The number of rotatable bonds is 6. The van der Waals surface area contributed by atoms with E-state index in [4.69, 9.17) is 4.74 Å². The number of aliphatic hydroxyl groups excluding tert-OH is 1. The molecule has 2 aromatic carbocycles. The lowest BCUT2D eigenvalue weighted by Crippen LogP contribution is -2.52. The van der Waals surface area contributed by atoms with Crippen molar-refractivity contribution in [2.24, 2.45) is 0 Å². The third kappa shape index (κ3) is 4.56. The largest absolute Gasteiger partial charge is 0.388 e. The zero-order chi connectivity index (χ0) is 18.7. The van der Waals surface area contributed by atoms with Crippen LogP contribution in [-0.4, -0.2) is 35.8 Å². The minimum atomic E-state index is -0.485. The van der Waals surface area contributed by atoms with Crippen LogP contribution in [0.2, 0.25) is 0 Å². The number of amides is 1. The first-order valence-electron chi connectivity index (χ1n) is 9.63. The SMILES string of the molecule is O=C(Nc1cccc(CCC(O)c2ccccc2)c1)C1CNC2(CC2)CO1. The van der Waals surface area contributed by atoms with Crippen molar-refractivity contribution in [3.63, 3.8) is 0 Å². The maximum Gasteiger partial charge on any atom is 0.254 e. The van der Waals surface area contributed by atoms with Crippen molar-refractivity contribution >= 4 is 11.6 Å². The first-order valence-corrected chi connectivity index (χ1v) is 9.63. The Morgan fingerprint density at radius 2 is 2.04 bits per heavy atom. The van der Waals surface area contributed by atoms with Crippen molar-refractivity contribution < 1.29 is 14.6 Å². The summed E-state index contributed by atoms with van der Waals surface area (Å²) in [7, 11) is 0. The molecule has 1 spiro atoms. The topological polar surface area (TPSA) is 70.6 Å². The van der Waals surface area contributed by atoms with Crippen LogP contribution in [0.5, 0.6) is 0 Å². The van der Waals surface area contributed by atoms with Gasteiger partial charge in [-0.05, 0) is 48.9 Å². The van der Waals surface area contributed by atoms with Gasteiger partial charge in [-0.1, -0.05) is 42.5 Å². The molecule has 1 saturated heterocycles. The number of ether oxygens (including phenoxy) is 1. The molecule has 5 nitrogen and oxygen atoms in total. The number of benzene rings is 2. The molecule has 3 N–H and O–H groups in total. The van der Waals surface area contributed by atoms with Gasteiger partial charge in [-0.2, -0.15) is 0 Å². The molecule has 27 heavy (non-hydrogen) atoms. The number of hydrogen-bond acceptors (Lipinski definition) is 4. The van der Waals surface area contributed by atoms with Gasteiger partial charge in [-0.15, -0.1) is 0 Å². The number of carbonyl (C=O) groups excluding carboxylic acids is 1. The second-order valence-corrected chi connectivity index (χ2v) is 7.62. The van der Waals surface area contributed by atoms with Crippen molar-refractivity contribution in [3.8, 4) is 0 Å². The summed E-state index contributed by atoms with van der Waals surface area (Å²) in [6.07, 6.45) is 2.72. The Kier molecular flexibility index (Phi) is 5.25. The average Bonchev–Trinajstić information content (AvgIpc) is 3.46. The highest BCUT2D eigenvalue weighted by atomic mass is 16.5. The number of anilines is 1. The molecule has 2 aliphatic rings. The van der Waals surface area contributed by atoms with E-state index in [0.717, 1.165) is 36.1 Å². The Morgan fingerprint density at radius 3 is 2.74 bits per heavy atom. The molecule has 0 radical (unpaired) electrons. The molecule has 1 aliphatic carbocycles. The van der Waals surface area contributed by atoms with Crippen LogP contribution in [0.15, 0.2) is 54.6 Å². The summed E-state index contributed by atoms with van der Waals surface area (Å²) < 4.78 is 5.74. The quantitative estimate of drug-likeness (QED) is 0.735. The third-order valence-corrected chi connectivity index (χ3v) is 5.45. The van der Waals surface area contributed by atoms with Crippen LogP contribution in [0, 0.1) is 0 Å². The smallest absolute Gasteiger partial charge is 0.254 e. The van der Waals surface area contributed by atoms with Gasteiger partial charge in [0.05, 0.1) is 12.7 Å². The zero-order valence-electron chi connectivity index (χ0n) is 15.4. The molecule has 1 saturated carbocycles. The second kappa shape index (κ2) is 7.80. The Bertz CT molecular complexity index is 779. The highest BCUT2D eigenvalue weighted by molar-refractivity contribution is 5.94. The van der Waals surface area contributed by atoms with Gasteiger partial charge in [-0.25, -0.2) is 0 Å². The lowest BCUT2D eigenvalue weighted by atomic mass is 10.0. The first kappa shape index (κ1) is 18.2. The van der Waals surface area contributed by atoms with Crippen molar-refractivity contribution in [1.82, 2.24) is 5.32 Å². The average molecular weight is 366 g/mol. The number of nitrogens with one attached hydrogen (secondary N) is 2. The molecular formula is C22H26N2O3. The Balaban J connectivity index is 1.30. The molecule has 0 aromatic heterocycles. The molecule has 2 fully saturated rings. The number of carbonyl (C=O) groups is 1. The van der Waals surface area contributed by atoms with E-state index < -0.39 is 12.2 Å². The molecule has 5 heteroatoms. The number of morpholine rings is 1. The first-order chi connectivity index (χ1) is 13.1. The summed E-state index contributed by atoms with van der Waals surface area (Å²) >= 11 is 0. The Labute approximate surface area is 159 Å². The van der Waals surface area contributed by atoms with Crippen LogP contribution in [-0.2, 0) is 16.0 Å². The number of hydrogen-bond donors (Lipinski definition) is 3. The lowest BCUT2D eigenvalue weighted by Gasteiger charge is -2.29. The minimum Gasteiger partial charge on any atom is -0.388 e. The maximum absolute atomic E-state index is 12.4. The molecule has 4 rings (SSSR count). The third-order valence-electron chi connectivity index (χ3n) is 5.45. The summed E-state index contributed by atoms with van der Waals surface area (Å²) in [5.74, 6) is -0.112. The monoisotopic (exact) mass is 366 g/mol. The Morgan fingerprint density at radius 1 is 1.22 bits per heavy atom. The van der Waals surface area contributed by atoms with E-state index in [0.29, 0.717) is 19.6 Å². The van der Waals surface area contributed by atoms with Gasteiger partial charge >= 0.3 is 0 Å². The minimum absolute atomic E-state index is 0.112. The van der Waals surface area contributed by atoms with Gasteiger partial charge in [-0.3, -0.25) is 4.79 Å². The van der Waals surface area contributed by atoms with Gasteiger partial charge in [0.15, 0.2) is 0 Å². The van der Waals surface area contributed by atoms with E-state index in [1.807, 2.05) is 54.6 Å². The molecule has 1 heterocycles. The predicted octanol–water partition coefficient (Wildman–Crippen LogP) is 2.81. The van der Waals surface area contributed by atoms with Crippen LogP contribution in [0.25, 0.3) is 0 Å². The molecule has 1 aliphatic heterocycles. The van der Waals surface area contributed by atoms with Gasteiger partial charge in [0, 0.05) is 17.8 Å². The normalized spacial score (nSPS) is 21.6. The van der Waals surface area contributed by atoms with E-state index in [1.165, 1.54) is 0 Å². The highest BCUT2D eigenvalue weighted by Crippen LogP contribution is 2.37. The van der Waals surface area contributed by atoms with E-state index in [2.05, 4.69) is 10.6 Å². The van der Waals surface area contributed by atoms with Crippen molar-refractivity contribution in [2.75, 3.05) is 18.5 Å². The van der Waals surface area contributed by atoms with Gasteiger partial charge < -0.3 is 20.5 Å². The van der Waals surface area contributed by atoms with E-state index in [9.17, 15) is 9.90 Å².